The molecule has 0 unspecified atom stereocenters. The Bertz CT molecular complexity index is 93.8. The van der Waals surface area contributed by atoms with Crippen LogP contribution in [-0.4, -0.2) is 49.1 Å². The fraction of sp³-hybridized carbons (Fsp3) is 1.00. The van der Waals surface area contributed by atoms with Gasteiger partial charge in [-0.3, -0.25) is 0 Å². The average molecular weight is 253 g/mol. The van der Waals surface area contributed by atoms with Gasteiger partial charge in [-0.05, 0) is 18.9 Å². The summed E-state index contributed by atoms with van der Waals surface area (Å²) >= 11 is 0. The molecule has 0 aliphatic heterocycles. The molecule has 0 atom stereocenters. The topological polar surface area (TPSA) is 27.7 Å². The third-order valence-corrected chi connectivity index (χ3v) is 6.09. The molecule has 0 saturated carbocycles. The lowest BCUT2D eigenvalue weighted by Crippen LogP contribution is -2.05. The van der Waals surface area contributed by atoms with E-state index in [9.17, 15) is 0 Å². The molecule has 0 rings (SSSR count). The van der Waals surface area contributed by atoms with Crippen molar-refractivity contribution in [3.8, 4) is 0 Å². The summed E-state index contributed by atoms with van der Waals surface area (Å²) in [6.07, 6.45) is 2.24. The van der Waals surface area contributed by atoms with Crippen LogP contribution in [0.25, 0.3) is 0 Å². The van der Waals surface area contributed by atoms with Gasteiger partial charge >= 0.3 is 0 Å². The first kappa shape index (κ1) is 14.5. The van der Waals surface area contributed by atoms with Crippen LogP contribution in [0.2, 0.25) is 19.1 Å². The minimum atomic E-state index is -0.202. The molecule has 14 heavy (non-hydrogen) atoms. The van der Waals surface area contributed by atoms with E-state index in [2.05, 4.69) is 13.1 Å². The zero-order valence-corrected chi connectivity index (χ0v) is 13.8. The molecule has 0 spiro atoms. The van der Waals surface area contributed by atoms with Gasteiger partial charge in [-0.25, -0.2) is 0 Å². The number of ether oxygens (including phenoxy) is 1. The maximum atomic E-state index is 5.50. The van der Waals surface area contributed by atoms with Crippen LogP contribution in [0.15, 0.2) is 0 Å². The molecule has 0 aliphatic carbocycles. The lowest BCUT2D eigenvalue weighted by atomic mass is 10.5. The molecular weight excluding hydrogens is 228 g/mol. The van der Waals surface area contributed by atoms with Gasteiger partial charge in [0.1, 0.15) is 19.5 Å². The summed E-state index contributed by atoms with van der Waals surface area (Å²) in [4.78, 5) is 0. The van der Waals surface area contributed by atoms with Crippen molar-refractivity contribution in [1.29, 1.82) is 0 Å². The van der Waals surface area contributed by atoms with Gasteiger partial charge in [-0.2, -0.15) is 0 Å². The fourth-order valence-corrected chi connectivity index (χ4v) is 3.93. The van der Waals surface area contributed by atoms with Crippen LogP contribution in [0, 0.1) is 0 Å². The third-order valence-electron chi connectivity index (χ3n) is 1.81. The Hall–Kier alpha value is 0.531. The Morgan fingerprint density at radius 2 is 1.71 bits per heavy atom. The summed E-state index contributed by atoms with van der Waals surface area (Å²) in [7, 11) is -0.507. The van der Waals surface area contributed by atoms with Gasteiger partial charge in [-0.15, -0.1) is 0 Å². The number of hydrogen-bond acceptors (Lipinski definition) is 3. The molecule has 0 N–H and O–H groups in total. The largest absolute Gasteiger partial charge is 0.465 e. The zero-order valence-electron chi connectivity index (χ0n) is 9.59. The molecule has 0 heterocycles. The molecule has 0 aromatic heterocycles. The van der Waals surface area contributed by atoms with Crippen molar-refractivity contribution in [2.45, 2.75) is 32.0 Å². The van der Waals surface area contributed by atoms with E-state index in [1.54, 1.807) is 0 Å². The maximum Gasteiger partial charge on any atom is 0.158 e. The summed E-state index contributed by atoms with van der Waals surface area (Å²) in [6, 6.07) is 1.28. The van der Waals surface area contributed by atoms with E-state index in [4.69, 9.17) is 13.3 Å². The SMILES string of the molecule is C[SiH2]OCCCOCCC[SiH2]O[SiH2]C. The van der Waals surface area contributed by atoms with E-state index in [1.165, 1.54) is 12.5 Å². The minimum absolute atomic E-state index is 0.131. The number of hydrogen-bond donors (Lipinski definition) is 0. The van der Waals surface area contributed by atoms with E-state index >= 15 is 0 Å². The summed E-state index contributed by atoms with van der Waals surface area (Å²) in [5, 5.41) is 0. The molecule has 0 bridgehead atoms. The molecule has 0 aliphatic rings. The molecule has 0 fully saturated rings. The first-order chi connectivity index (χ1) is 6.91. The van der Waals surface area contributed by atoms with Crippen LogP contribution >= 0.6 is 0 Å². The second-order valence-corrected chi connectivity index (χ2v) is 7.38. The van der Waals surface area contributed by atoms with Crippen molar-refractivity contribution in [1.82, 2.24) is 0 Å². The van der Waals surface area contributed by atoms with Crippen LogP contribution in [0.4, 0.5) is 0 Å². The first-order valence-electron chi connectivity index (χ1n) is 5.65. The summed E-state index contributed by atoms with van der Waals surface area (Å²) < 4.78 is 16.3. The van der Waals surface area contributed by atoms with Crippen molar-refractivity contribution >= 4 is 29.3 Å². The van der Waals surface area contributed by atoms with Gasteiger partial charge in [-0.1, -0.05) is 13.1 Å². The molecule has 0 aromatic carbocycles. The van der Waals surface area contributed by atoms with Gasteiger partial charge in [0.15, 0.2) is 9.76 Å². The summed E-state index contributed by atoms with van der Waals surface area (Å²) in [5.41, 5.74) is 0. The molecule has 6 heteroatoms. The maximum absolute atomic E-state index is 5.50. The van der Waals surface area contributed by atoms with E-state index in [-0.39, 0.29) is 29.3 Å². The van der Waals surface area contributed by atoms with E-state index in [0.717, 1.165) is 26.2 Å². The Labute approximate surface area is 94.7 Å². The van der Waals surface area contributed by atoms with E-state index < -0.39 is 0 Å². The van der Waals surface area contributed by atoms with Crippen LogP contribution in [0.3, 0.4) is 0 Å². The predicted octanol–water partition coefficient (Wildman–Crippen LogP) is -0.418. The van der Waals surface area contributed by atoms with Crippen molar-refractivity contribution in [3.63, 3.8) is 0 Å². The Morgan fingerprint density at radius 3 is 2.43 bits per heavy atom. The quantitative estimate of drug-likeness (QED) is 0.369. The predicted molar refractivity (Wildman–Crippen MR) is 69.3 cm³/mol. The molecule has 0 saturated heterocycles. The molecule has 0 radical (unpaired) electrons. The van der Waals surface area contributed by atoms with Crippen LogP contribution in [0.1, 0.15) is 12.8 Å². The van der Waals surface area contributed by atoms with Gasteiger partial charge in [0.05, 0.1) is 0 Å². The monoisotopic (exact) mass is 252 g/mol. The smallest absolute Gasteiger partial charge is 0.158 e. The first-order valence-corrected chi connectivity index (χ1v) is 11.2. The molecule has 3 nitrogen and oxygen atoms in total. The summed E-state index contributed by atoms with van der Waals surface area (Å²) in [6.45, 7) is 7.01. The van der Waals surface area contributed by atoms with Gasteiger partial charge in [0.2, 0.25) is 0 Å². The molecule has 0 aromatic rings. The van der Waals surface area contributed by atoms with Crippen molar-refractivity contribution < 1.29 is 13.3 Å². The van der Waals surface area contributed by atoms with Crippen LogP contribution in [0.5, 0.6) is 0 Å². The molecule has 86 valence electrons. The van der Waals surface area contributed by atoms with Crippen LogP contribution < -0.4 is 0 Å². The highest BCUT2D eigenvalue weighted by atomic mass is 28.3. The highest BCUT2D eigenvalue weighted by molar-refractivity contribution is 6.41. The number of rotatable bonds is 11. The molecule has 0 amide bonds. The van der Waals surface area contributed by atoms with Crippen LogP contribution in [-0.2, 0) is 13.3 Å². The van der Waals surface area contributed by atoms with Gasteiger partial charge in [0.25, 0.3) is 0 Å². The van der Waals surface area contributed by atoms with E-state index in [0.29, 0.717) is 0 Å². The lowest BCUT2D eigenvalue weighted by molar-refractivity contribution is 0.120. The van der Waals surface area contributed by atoms with Crippen molar-refractivity contribution in [2.75, 3.05) is 19.8 Å². The van der Waals surface area contributed by atoms with Crippen molar-refractivity contribution in [2.24, 2.45) is 0 Å². The fourth-order valence-electron chi connectivity index (χ4n) is 1.06. The van der Waals surface area contributed by atoms with E-state index in [1.807, 2.05) is 0 Å². The second-order valence-electron chi connectivity index (χ2n) is 3.07. The standard InChI is InChI=1S/C8H24O3Si3/c1-12-10-7-3-5-9-6-4-8-14-11-13-2/h3-8,12-14H2,1-2H3. The highest BCUT2D eigenvalue weighted by Crippen LogP contribution is 1.92. The van der Waals surface area contributed by atoms with Gasteiger partial charge < -0.3 is 13.3 Å². The Balaban J connectivity index is 2.78. The normalized spacial score (nSPS) is 13.3. The Morgan fingerprint density at radius 1 is 0.929 bits per heavy atom. The minimum Gasteiger partial charge on any atom is -0.465 e. The highest BCUT2D eigenvalue weighted by Gasteiger charge is 1.91. The third kappa shape index (κ3) is 12.5. The second kappa shape index (κ2) is 13.5. The lowest BCUT2D eigenvalue weighted by Gasteiger charge is -2.04. The average Bonchev–Trinajstić information content (AvgIpc) is 2.21. The molecular formula is C8H24O3Si3. The zero-order chi connectivity index (χ0) is 10.5. The Kier molecular flexibility index (Phi) is 14.0. The van der Waals surface area contributed by atoms with Crippen molar-refractivity contribution in [3.05, 3.63) is 0 Å². The van der Waals surface area contributed by atoms with Gasteiger partial charge in [0, 0.05) is 19.8 Å². The summed E-state index contributed by atoms with van der Waals surface area (Å²) in [5.74, 6) is 0.